The van der Waals surface area contributed by atoms with Crippen LogP contribution < -0.4 is 31.9 Å². The van der Waals surface area contributed by atoms with E-state index in [-0.39, 0.29) is 104 Å². The Morgan fingerprint density at radius 3 is 1.27 bits per heavy atom. The van der Waals surface area contributed by atoms with Gasteiger partial charge in [-0.1, -0.05) is 140 Å². The normalized spacial score (nSPS) is 16.8. The first-order valence-electron chi connectivity index (χ1n) is 40.7. The Morgan fingerprint density at radius 2 is 0.828 bits per heavy atom. The lowest BCUT2D eigenvalue weighted by Gasteiger charge is -2.22. The van der Waals surface area contributed by atoms with Gasteiger partial charge in [0.25, 0.3) is 17.7 Å². The molecule has 6 aromatic carbocycles. The number of anilines is 3. The van der Waals surface area contributed by atoms with Crippen molar-refractivity contribution in [2.75, 3.05) is 37.3 Å². The fourth-order valence-electron chi connectivity index (χ4n) is 14.7. The molecule has 0 fully saturated rings. The number of rotatable bonds is 15. The molecule has 128 heavy (non-hydrogen) atoms. The van der Waals surface area contributed by atoms with Crippen LogP contribution in [0.1, 0.15) is 173 Å². The molecule has 3 aliphatic heterocycles. The van der Waals surface area contributed by atoms with E-state index in [9.17, 15) is 56.3 Å². The van der Waals surface area contributed by atoms with Crippen molar-refractivity contribution in [2.45, 2.75) is 130 Å². The van der Waals surface area contributed by atoms with Crippen molar-refractivity contribution in [1.29, 1.82) is 0 Å². The lowest BCUT2D eigenvalue weighted by molar-refractivity contribution is -0.140. The number of carbonyl (C=O) groups excluding carboxylic acids is 9. The van der Waals surface area contributed by atoms with Gasteiger partial charge >= 0.3 is 17.9 Å². The summed E-state index contributed by atoms with van der Waals surface area (Å²) < 4.78 is 61.9. The fraction of sp³-hybridized carbons (Fsp3) is 0.289. The number of halogens is 6. The number of esters is 3. The summed E-state index contributed by atoms with van der Waals surface area (Å²) in [6.07, 6.45) is 12.6. The number of hydrogen-bond donors (Lipinski definition) is 6. The quantitative estimate of drug-likeness (QED) is 0.0410. The average Bonchev–Trinajstić information content (AvgIpc) is 1.78. The van der Waals surface area contributed by atoms with E-state index in [1.54, 1.807) is 111 Å². The van der Waals surface area contributed by atoms with Gasteiger partial charge < -0.3 is 46.1 Å². The maximum atomic E-state index is 14.7. The molecular formula is C90H86Cl3F3N20O12. The van der Waals surface area contributed by atoms with Gasteiger partial charge in [-0.05, 0) is 147 Å². The standard InChI is InChI=1S/2C30H29ClFN7O4.C30H28ClFN6O4/c1-16-6-4-8-22(34-30(42)28-17(2)39(38-37-28)25-9-5-7-21(31)27(25)32)19-14-24(36-33-15-19)20-11-10-18(13-26(40)43-3)12-23(20)35-29(16)41;1-16-6-4-8-22(34-30(42)28-17(2)39(38-37-28)25-9-5-7-21(31)27(25)32)24-14-19(15-33-36-24)20-11-10-18(13-26(40)43-3)12-23(20)35-29(16)41;1-17-5-3-7-23(35-30(41)20-15-34-38(16-20)26-8-4-6-22(31)28(26)32)25-13-19(14-33-37-25)21-10-9-18(12-27(39)42-2)11-24(21)36-29(17)40/h2*5,7,9-12,14-16,22H,4,6,8,13H2,1-3H3,(H,34,42)(H,35,41);4,6,8-11,13-17,23H,3,5,7,12H2,1-2H3,(H,35,41)(H,36,40)/t16-,22-;16-,22+;17?,23-/m010/s1. The molecule has 6 atom stereocenters. The highest BCUT2D eigenvalue weighted by atomic mass is 35.5. The van der Waals surface area contributed by atoms with Crippen LogP contribution in [0, 0.1) is 49.1 Å². The van der Waals surface area contributed by atoms with Gasteiger partial charge in [0, 0.05) is 63.1 Å². The molecule has 0 saturated heterocycles. The van der Waals surface area contributed by atoms with Gasteiger partial charge in [-0.15, -0.1) is 10.2 Å². The van der Waals surface area contributed by atoms with Gasteiger partial charge in [0.1, 0.15) is 17.1 Å². The van der Waals surface area contributed by atoms with Crippen LogP contribution in [-0.4, -0.2) is 145 Å². The second-order valence-corrected chi connectivity index (χ2v) is 32.0. The van der Waals surface area contributed by atoms with Gasteiger partial charge in [0.05, 0.1) is 138 Å². The molecular weight excluding hydrogens is 1720 g/mol. The lowest BCUT2D eigenvalue weighted by atomic mass is 9.95. The predicted molar refractivity (Wildman–Crippen MR) is 466 cm³/mol. The Hall–Kier alpha value is -14.1. The Labute approximate surface area is 746 Å². The monoisotopic (exact) mass is 1800 g/mol. The molecule has 660 valence electrons. The van der Waals surface area contributed by atoms with Gasteiger partial charge in [-0.3, -0.25) is 43.2 Å². The molecule has 0 spiro atoms. The summed E-state index contributed by atoms with van der Waals surface area (Å²) in [7, 11) is 3.96. The van der Waals surface area contributed by atoms with Crippen molar-refractivity contribution in [3.8, 4) is 50.6 Å². The maximum Gasteiger partial charge on any atom is 0.309 e. The molecule has 6 aromatic heterocycles. The second kappa shape index (κ2) is 41.4. The summed E-state index contributed by atoms with van der Waals surface area (Å²) in [6.45, 7) is 8.75. The number of fused-ring (bicyclic) bond motifs is 12. The summed E-state index contributed by atoms with van der Waals surface area (Å²) in [5, 5.41) is 63.5. The zero-order valence-corrected chi connectivity index (χ0v) is 72.7. The van der Waals surface area contributed by atoms with Crippen LogP contribution in [0.3, 0.4) is 0 Å². The van der Waals surface area contributed by atoms with Crippen LogP contribution in [0.4, 0.5) is 30.2 Å². The highest BCUT2D eigenvalue weighted by molar-refractivity contribution is 6.31. The first-order chi connectivity index (χ1) is 61.5. The number of amides is 6. The van der Waals surface area contributed by atoms with Crippen molar-refractivity contribution < 1.29 is 70.5 Å². The number of methoxy groups -OCH3 is 3. The molecule has 6 bridgehead atoms. The summed E-state index contributed by atoms with van der Waals surface area (Å²) in [5.41, 5.74) is 10.3. The van der Waals surface area contributed by atoms with Gasteiger partial charge in [-0.25, -0.2) is 27.2 Å². The molecule has 12 aromatic rings. The fourth-order valence-corrected chi connectivity index (χ4v) is 15.2. The predicted octanol–water partition coefficient (Wildman–Crippen LogP) is 14.6. The highest BCUT2D eigenvalue weighted by Crippen LogP contribution is 2.38. The molecule has 1 unspecified atom stereocenters. The Kier molecular flexibility index (Phi) is 29.6. The Balaban J connectivity index is 0.000000164. The van der Waals surface area contributed by atoms with Crippen LogP contribution in [0.2, 0.25) is 15.1 Å². The van der Waals surface area contributed by atoms with E-state index >= 15 is 0 Å². The van der Waals surface area contributed by atoms with Crippen molar-refractivity contribution in [2.24, 2.45) is 17.8 Å². The third-order valence-electron chi connectivity index (χ3n) is 22.0. The summed E-state index contributed by atoms with van der Waals surface area (Å²) in [4.78, 5) is 115. The lowest BCUT2D eigenvalue weighted by Crippen LogP contribution is -2.31. The summed E-state index contributed by atoms with van der Waals surface area (Å²) >= 11 is 17.8. The molecule has 15 rings (SSSR count). The first kappa shape index (κ1) is 91.6. The highest BCUT2D eigenvalue weighted by Gasteiger charge is 2.31. The molecule has 9 heterocycles. The van der Waals surface area contributed by atoms with Gasteiger partial charge in [-0.2, -0.15) is 35.7 Å². The van der Waals surface area contributed by atoms with Crippen LogP contribution in [0.5, 0.6) is 0 Å². The van der Waals surface area contributed by atoms with E-state index in [1.165, 1.54) is 84.2 Å². The third-order valence-corrected chi connectivity index (χ3v) is 22.9. The van der Waals surface area contributed by atoms with E-state index < -0.39 is 71.2 Å². The number of aromatic nitrogens is 14. The maximum absolute atomic E-state index is 14.7. The zero-order valence-electron chi connectivity index (χ0n) is 70.4. The summed E-state index contributed by atoms with van der Waals surface area (Å²) in [6, 6.07) is 33.3. The van der Waals surface area contributed by atoms with E-state index in [0.717, 1.165) is 0 Å². The van der Waals surface area contributed by atoms with Crippen molar-refractivity contribution in [1.82, 2.24) is 86.3 Å². The summed E-state index contributed by atoms with van der Waals surface area (Å²) in [5.74, 6) is -6.09. The zero-order chi connectivity index (χ0) is 91.1. The average molecular weight is 1800 g/mol. The SMILES string of the molecule is COC(=O)Cc1ccc2c(c1)NC(=O)C(C)CCC[C@H](NC(=O)c1cnn(-c3cccc(Cl)c3F)c1)c1cc-2cnn1.COC(=O)Cc1ccc2c(c1)NC(=O)[C@@H](C)CCC[C@H](NC(=O)c1nnn(-c3cccc(Cl)c3F)c1C)c1cnnc-2c1.COC(=O)Cc1ccc2c(c1)NC(=O)[C@H](C)CCC[C@H](NC(=O)c1nnn(-c3cccc(Cl)c3F)c1C)c1cc-2cnn1. The minimum atomic E-state index is -0.675. The van der Waals surface area contributed by atoms with E-state index in [0.29, 0.717) is 153 Å². The molecule has 0 saturated carbocycles. The molecule has 3 aliphatic rings. The van der Waals surface area contributed by atoms with Crippen molar-refractivity contribution in [3.63, 3.8) is 0 Å². The minimum Gasteiger partial charge on any atom is -0.469 e. The molecule has 38 heteroatoms. The molecule has 6 amide bonds. The number of benzene rings is 6. The van der Waals surface area contributed by atoms with E-state index in [4.69, 9.17) is 49.0 Å². The largest absolute Gasteiger partial charge is 0.469 e. The number of ether oxygens (including phenoxy) is 3. The van der Waals surface area contributed by atoms with Crippen LogP contribution in [-0.2, 0) is 62.2 Å². The van der Waals surface area contributed by atoms with Gasteiger partial charge in [0.2, 0.25) is 17.7 Å². The number of carbonyl (C=O) groups is 9. The molecule has 0 radical (unpaired) electrons. The van der Waals surface area contributed by atoms with Gasteiger partial charge in [0.15, 0.2) is 28.8 Å². The van der Waals surface area contributed by atoms with Crippen LogP contribution in [0.25, 0.3) is 50.6 Å². The van der Waals surface area contributed by atoms with Crippen LogP contribution in [0.15, 0.2) is 158 Å². The number of nitrogens with zero attached hydrogens (tertiary/aromatic N) is 14. The van der Waals surface area contributed by atoms with Crippen LogP contribution >= 0.6 is 34.8 Å². The van der Waals surface area contributed by atoms with Crippen molar-refractivity contribution >= 4 is 105 Å². The Bertz CT molecular complexity index is 6000. The minimum absolute atomic E-state index is 0.0193. The Morgan fingerprint density at radius 1 is 0.445 bits per heavy atom. The smallest absolute Gasteiger partial charge is 0.309 e. The number of nitrogens with one attached hydrogen (secondary N) is 6. The topological polar surface area (TPSA) is 410 Å². The van der Waals surface area contributed by atoms with Crippen molar-refractivity contribution in [3.05, 3.63) is 253 Å². The van der Waals surface area contributed by atoms with E-state index in [2.05, 4.69) is 88.2 Å². The first-order valence-corrected chi connectivity index (χ1v) is 41.8. The number of hydrogen-bond acceptors (Lipinski definition) is 23. The molecule has 6 N–H and O–H groups in total. The van der Waals surface area contributed by atoms with E-state index in [1.807, 2.05) is 32.9 Å². The second-order valence-electron chi connectivity index (χ2n) is 30.8. The molecule has 32 nitrogen and oxygen atoms in total. The molecule has 0 aliphatic carbocycles. The third kappa shape index (κ3) is 21.7.